The van der Waals surface area contributed by atoms with Crippen molar-refractivity contribution >= 4 is 48.1 Å². The molecule has 0 spiro atoms. The lowest BCUT2D eigenvalue weighted by molar-refractivity contribution is -0.117. The van der Waals surface area contributed by atoms with Crippen molar-refractivity contribution in [2.45, 2.75) is 12.5 Å². The number of methoxy groups -OCH3 is 1. The van der Waals surface area contributed by atoms with E-state index in [4.69, 9.17) is 14.2 Å². The Hall–Kier alpha value is -1.58. The zero-order valence-electron chi connectivity index (χ0n) is 15.8. The lowest BCUT2D eigenvalue weighted by Gasteiger charge is -2.29. The number of carbonyl (C=O) groups excluding carboxylic acids is 2. The topological polar surface area (TPSA) is 89.1 Å². The number of hydrogen-bond donors (Lipinski definition) is 2. The summed E-state index contributed by atoms with van der Waals surface area (Å²) in [4.78, 5) is 26.7. The molecular formula is C18H27Cl2N3O5. The highest BCUT2D eigenvalue weighted by molar-refractivity contribution is 6.02. The van der Waals surface area contributed by atoms with Crippen molar-refractivity contribution in [3.63, 3.8) is 0 Å². The predicted molar refractivity (Wildman–Crippen MR) is 111 cm³/mol. The first-order valence-electron chi connectivity index (χ1n) is 8.83. The van der Waals surface area contributed by atoms with E-state index in [1.165, 1.54) is 7.11 Å². The Kier molecular flexibility index (Phi) is 10.6. The van der Waals surface area contributed by atoms with Crippen LogP contribution in [0.4, 0.5) is 11.4 Å². The average molecular weight is 436 g/mol. The van der Waals surface area contributed by atoms with Crippen LogP contribution in [0.25, 0.3) is 0 Å². The fourth-order valence-corrected chi connectivity index (χ4v) is 3.11. The molecule has 1 unspecified atom stereocenters. The molecule has 28 heavy (non-hydrogen) atoms. The molecule has 0 radical (unpaired) electrons. The summed E-state index contributed by atoms with van der Waals surface area (Å²) in [6, 6.07) is 5.39. The zero-order valence-corrected chi connectivity index (χ0v) is 17.4. The first-order valence-corrected chi connectivity index (χ1v) is 8.83. The van der Waals surface area contributed by atoms with Crippen LogP contribution in [-0.2, 0) is 19.0 Å². The maximum Gasteiger partial charge on any atom is 0.340 e. The second-order valence-electron chi connectivity index (χ2n) is 6.30. The van der Waals surface area contributed by atoms with E-state index in [1.807, 2.05) is 6.07 Å². The van der Waals surface area contributed by atoms with Gasteiger partial charge in [0.05, 0.1) is 44.8 Å². The normalized spacial score (nSPS) is 19.0. The fourth-order valence-electron chi connectivity index (χ4n) is 3.11. The van der Waals surface area contributed by atoms with E-state index in [0.29, 0.717) is 37.7 Å². The van der Waals surface area contributed by atoms with Crippen molar-refractivity contribution in [2.24, 2.45) is 0 Å². The number of halogens is 2. The molecule has 2 aliphatic heterocycles. The van der Waals surface area contributed by atoms with Gasteiger partial charge < -0.3 is 29.7 Å². The molecule has 0 saturated carbocycles. The van der Waals surface area contributed by atoms with E-state index in [9.17, 15) is 9.59 Å². The zero-order chi connectivity index (χ0) is 18.4. The molecule has 10 heteroatoms. The SMILES string of the molecule is COC(=O)c1cc(N2CCOCC2)ccc1NC(=O)CC1COCCN1.Cl.Cl. The molecule has 0 aromatic heterocycles. The molecular weight excluding hydrogens is 409 g/mol. The van der Waals surface area contributed by atoms with Gasteiger partial charge in [-0.15, -0.1) is 24.8 Å². The molecule has 1 atom stereocenters. The number of benzene rings is 1. The second kappa shape index (κ2) is 12.1. The Balaban J connectivity index is 0.00000196. The highest BCUT2D eigenvalue weighted by Gasteiger charge is 2.21. The minimum atomic E-state index is -0.477. The Morgan fingerprint density at radius 3 is 2.61 bits per heavy atom. The Morgan fingerprint density at radius 2 is 1.96 bits per heavy atom. The summed E-state index contributed by atoms with van der Waals surface area (Å²) in [6.07, 6.45) is 0.284. The highest BCUT2D eigenvalue weighted by atomic mass is 35.5. The van der Waals surface area contributed by atoms with Gasteiger partial charge in [-0.3, -0.25) is 4.79 Å². The molecule has 2 heterocycles. The van der Waals surface area contributed by atoms with Gasteiger partial charge in [-0.05, 0) is 18.2 Å². The minimum Gasteiger partial charge on any atom is -0.465 e. The van der Waals surface area contributed by atoms with E-state index in [0.717, 1.165) is 25.3 Å². The van der Waals surface area contributed by atoms with E-state index in [2.05, 4.69) is 15.5 Å². The maximum atomic E-state index is 12.3. The predicted octanol–water partition coefficient (Wildman–Crippen LogP) is 1.47. The van der Waals surface area contributed by atoms with Gasteiger partial charge in [0.15, 0.2) is 0 Å². The first-order chi connectivity index (χ1) is 12.7. The van der Waals surface area contributed by atoms with Crippen LogP contribution in [0.15, 0.2) is 18.2 Å². The van der Waals surface area contributed by atoms with Crippen molar-refractivity contribution in [1.29, 1.82) is 0 Å². The molecule has 2 aliphatic rings. The van der Waals surface area contributed by atoms with Crippen LogP contribution < -0.4 is 15.5 Å². The van der Waals surface area contributed by atoms with Crippen molar-refractivity contribution in [2.75, 3.05) is 63.4 Å². The monoisotopic (exact) mass is 435 g/mol. The number of morpholine rings is 2. The number of nitrogens with one attached hydrogen (secondary N) is 2. The van der Waals surface area contributed by atoms with Crippen LogP contribution in [-0.4, -0.2) is 71.1 Å². The smallest absolute Gasteiger partial charge is 0.340 e. The van der Waals surface area contributed by atoms with Crippen LogP contribution in [0.2, 0.25) is 0 Å². The molecule has 1 aromatic rings. The van der Waals surface area contributed by atoms with Gasteiger partial charge >= 0.3 is 5.97 Å². The van der Waals surface area contributed by atoms with Crippen LogP contribution in [0.5, 0.6) is 0 Å². The lowest BCUT2D eigenvalue weighted by atomic mass is 10.1. The van der Waals surface area contributed by atoms with Gasteiger partial charge in [-0.2, -0.15) is 0 Å². The molecule has 0 bridgehead atoms. The third-order valence-electron chi connectivity index (χ3n) is 4.49. The van der Waals surface area contributed by atoms with E-state index in [-0.39, 0.29) is 43.2 Å². The van der Waals surface area contributed by atoms with Crippen molar-refractivity contribution in [3.05, 3.63) is 23.8 Å². The molecule has 1 aromatic carbocycles. The molecule has 2 saturated heterocycles. The number of hydrogen-bond acceptors (Lipinski definition) is 7. The van der Waals surface area contributed by atoms with Crippen LogP contribution in [0.3, 0.4) is 0 Å². The summed E-state index contributed by atoms with van der Waals surface area (Å²) in [5, 5.41) is 6.07. The summed E-state index contributed by atoms with van der Waals surface area (Å²) in [6.45, 7) is 4.74. The molecule has 158 valence electrons. The summed E-state index contributed by atoms with van der Waals surface area (Å²) in [5.74, 6) is -0.646. The minimum absolute atomic E-state index is 0. The number of nitrogens with zero attached hydrogens (tertiary/aromatic N) is 1. The molecule has 2 fully saturated rings. The van der Waals surface area contributed by atoms with Gasteiger partial charge in [-0.1, -0.05) is 0 Å². The molecule has 8 nitrogen and oxygen atoms in total. The highest BCUT2D eigenvalue weighted by Crippen LogP contribution is 2.25. The van der Waals surface area contributed by atoms with Crippen molar-refractivity contribution in [3.8, 4) is 0 Å². The number of esters is 1. The van der Waals surface area contributed by atoms with Gasteiger partial charge in [0.1, 0.15) is 0 Å². The molecule has 0 aliphatic carbocycles. The van der Waals surface area contributed by atoms with Gasteiger partial charge in [0, 0.05) is 37.8 Å². The number of amides is 1. The number of carbonyl (C=O) groups is 2. The van der Waals surface area contributed by atoms with Crippen molar-refractivity contribution in [1.82, 2.24) is 5.32 Å². The third kappa shape index (κ3) is 6.49. The first kappa shape index (κ1) is 24.5. The van der Waals surface area contributed by atoms with E-state index in [1.54, 1.807) is 12.1 Å². The Morgan fingerprint density at radius 1 is 1.21 bits per heavy atom. The second-order valence-corrected chi connectivity index (χ2v) is 6.30. The summed E-state index contributed by atoms with van der Waals surface area (Å²) in [5.41, 5.74) is 1.71. The van der Waals surface area contributed by atoms with Gasteiger partial charge in [0.2, 0.25) is 5.91 Å². The Bertz CT molecular complexity index is 650. The molecule has 3 rings (SSSR count). The van der Waals surface area contributed by atoms with E-state index < -0.39 is 5.97 Å². The van der Waals surface area contributed by atoms with Crippen molar-refractivity contribution < 1.29 is 23.8 Å². The number of ether oxygens (including phenoxy) is 3. The van der Waals surface area contributed by atoms with Crippen LogP contribution in [0.1, 0.15) is 16.8 Å². The maximum absolute atomic E-state index is 12.3. The fraction of sp³-hybridized carbons (Fsp3) is 0.556. The number of rotatable bonds is 5. The standard InChI is InChI=1S/C18H25N3O5.2ClH/c1-24-18(23)15-11-14(21-5-8-25-9-6-21)2-3-16(15)20-17(22)10-13-12-26-7-4-19-13;;/h2-3,11,13,19H,4-10,12H2,1H3,(H,20,22);2*1H. The van der Waals surface area contributed by atoms with Gasteiger partial charge in [0.25, 0.3) is 0 Å². The van der Waals surface area contributed by atoms with Crippen LogP contribution in [0, 0.1) is 0 Å². The summed E-state index contributed by atoms with van der Waals surface area (Å²) >= 11 is 0. The summed E-state index contributed by atoms with van der Waals surface area (Å²) < 4.78 is 15.6. The quantitative estimate of drug-likeness (QED) is 0.676. The average Bonchev–Trinajstić information content (AvgIpc) is 2.69. The van der Waals surface area contributed by atoms with E-state index >= 15 is 0 Å². The largest absolute Gasteiger partial charge is 0.465 e. The summed E-state index contributed by atoms with van der Waals surface area (Å²) in [7, 11) is 1.33. The Labute approximate surface area is 177 Å². The number of anilines is 2. The third-order valence-corrected chi connectivity index (χ3v) is 4.49. The van der Waals surface area contributed by atoms with Crippen LogP contribution >= 0.6 is 24.8 Å². The molecule has 2 N–H and O–H groups in total. The molecule has 1 amide bonds. The van der Waals surface area contributed by atoms with Gasteiger partial charge in [-0.25, -0.2) is 4.79 Å². The lowest BCUT2D eigenvalue weighted by Crippen LogP contribution is -2.43.